The zero-order chi connectivity index (χ0) is 14.8. The lowest BCUT2D eigenvalue weighted by Gasteiger charge is -2.14. The van der Waals surface area contributed by atoms with E-state index in [4.69, 9.17) is 34.8 Å². The number of benzene rings is 1. The standard InChI is InChI=1S/C12H12Cl3IN4/c1-17-4-5-18-10-8-6-7(16)2-3-9(8)19-11(20-10)12(13,14)15/h2-3,6,17H,4-5H2,1H3,(H,18,19,20). The number of aromatic nitrogens is 2. The Labute approximate surface area is 145 Å². The van der Waals surface area contributed by atoms with Gasteiger partial charge in [-0.1, -0.05) is 34.8 Å². The molecule has 8 heteroatoms. The molecule has 1 aromatic carbocycles. The molecule has 2 rings (SSSR count). The number of hydrogen-bond acceptors (Lipinski definition) is 4. The fourth-order valence-corrected chi connectivity index (χ4v) is 2.41. The Bertz CT molecular complexity index is 615. The number of nitrogens with one attached hydrogen (secondary N) is 2. The minimum Gasteiger partial charge on any atom is -0.368 e. The quantitative estimate of drug-likeness (QED) is 0.428. The average Bonchev–Trinajstić information content (AvgIpc) is 2.38. The van der Waals surface area contributed by atoms with Crippen LogP contribution < -0.4 is 10.6 Å². The van der Waals surface area contributed by atoms with Gasteiger partial charge in [0.05, 0.1) is 5.52 Å². The second-order valence-corrected chi connectivity index (χ2v) is 7.61. The highest BCUT2D eigenvalue weighted by molar-refractivity contribution is 14.1. The Hall–Kier alpha value is -0.0800. The van der Waals surface area contributed by atoms with Crippen LogP contribution in [0.2, 0.25) is 0 Å². The lowest BCUT2D eigenvalue weighted by Crippen LogP contribution is -2.19. The molecule has 0 aliphatic carbocycles. The minimum absolute atomic E-state index is 0.170. The summed E-state index contributed by atoms with van der Waals surface area (Å²) in [5.41, 5.74) is 0.744. The molecule has 1 heterocycles. The van der Waals surface area contributed by atoms with Crippen molar-refractivity contribution < 1.29 is 0 Å². The largest absolute Gasteiger partial charge is 0.368 e. The number of halogens is 4. The van der Waals surface area contributed by atoms with Crippen molar-refractivity contribution >= 4 is 74.1 Å². The molecule has 4 nitrogen and oxygen atoms in total. The molecule has 20 heavy (non-hydrogen) atoms. The average molecular weight is 446 g/mol. The molecule has 0 unspecified atom stereocenters. The minimum atomic E-state index is -1.64. The summed E-state index contributed by atoms with van der Waals surface area (Å²) in [6.07, 6.45) is 0. The van der Waals surface area contributed by atoms with E-state index in [-0.39, 0.29) is 5.82 Å². The molecule has 0 amide bonds. The first-order chi connectivity index (χ1) is 9.41. The first-order valence-corrected chi connectivity index (χ1v) is 8.06. The van der Waals surface area contributed by atoms with Crippen LogP contribution >= 0.6 is 57.4 Å². The van der Waals surface area contributed by atoms with Crippen molar-refractivity contribution in [2.24, 2.45) is 0 Å². The van der Waals surface area contributed by atoms with E-state index in [0.717, 1.165) is 21.0 Å². The Morgan fingerprint density at radius 3 is 2.60 bits per heavy atom. The van der Waals surface area contributed by atoms with Crippen molar-refractivity contribution in [3.05, 3.63) is 27.6 Å². The summed E-state index contributed by atoms with van der Waals surface area (Å²) in [5, 5.41) is 7.20. The number of fused-ring (bicyclic) bond motifs is 1. The fraction of sp³-hybridized carbons (Fsp3) is 0.333. The lowest BCUT2D eigenvalue weighted by molar-refractivity contribution is 0.820. The molecule has 2 aromatic rings. The normalized spacial score (nSPS) is 11.8. The highest BCUT2D eigenvalue weighted by atomic mass is 127. The van der Waals surface area contributed by atoms with E-state index in [9.17, 15) is 0 Å². The third-order valence-corrected chi connectivity index (χ3v) is 3.76. The molecule has 0 aliphatic rings. The maximum atomic E-state index is 5.89. The Morgan fingerprint density at radius 2 is 1.95 bits per heavy atom. The van der Waals surface area contributed by atoms with Gasteiger partial charge >= 0.3 is 0 Å². The van der Waals surface area contributed by atoms with Crippen LogP contribution in [0.3, 0.4) is 0 Å². The molecule has 1 aromatic heterocycles. The maximum Gasteiger partial charge on any atom is 0.250 e. The van der Waals surface area contributed by atoms with E-state index in [2.05, 4.69) is 43.2 Å². The molecule has 0 aliphatic heterocycles. The van der Waals surface area contributed by atoms with E-state index in [0.29, 0.717) is 12.4 Å². The summed E-state index contributed by atoms with van der Waals surface area (Å²) in [6.45, 7) is 1.52. The van der Waals surface area contributed by atoms with Gasteiger partial charge in [0.15, 0.2) is 5.82 Å². The van der Waals surface area contributed by atoms with Crippen molar-refractivity contribution in [3.8, 4) is 0 Å². The van der Waals surface area contributed by atoms with E-state index in [1.807, 2.05) is 25.2 Å². The number of likely N-dealkylation sites (N-methyl/N-ethyl adjacent to an activating group) is 1. The topological polar surface area (TPSA) is 49.8 Å². The molecule has 0 spiro atoms. The summed E-state index contributed by atoms with van der Waals surface area (Å²) >= 11 is 19.9. The van der Waals surface area contributed by atoms with Gasteiger partial charge in [0.25, 0.3) is 0 Å². The molecule has 108 valence electrons. The molecule has 2 N–H and O–H groups in total. The number of nitrogens with zero attached hydrogens (tertiary/aromatic N) is 2. The molecule has 0 radical (unpaired) electrons. The maximum absolute atomic E-state index is 5.89. The van der Waals surface area contributed by atoms with Crippen molar-refractivity contribution in [1.29, 1.82) is 0 Å². The summed E-state index contributed by atoms with van der Waals surface area (Å²) in [6, 6.07) is 5.84. The first-order valence-electron chi connectivity index (χ1n) is 5.85. The number of alkyl halides is 3. The van der Waals surface area contributed by atoms with Gasteiger partial charge in [-0.3, -0.25) is 0 Å². The van der Waals surface area contributed by atoms with Crippen LogP contribution in [0.5, 0.6) is 0 Å². The highest BCUT2D eigenvalue weighted by Crippen LogP contribution is 2.37. The second kappa shape index (κ2) is 6.79. The molecule has 0 fully saturated rings. The summed E-state index contributed by atoms with van der Waals surface area (Å²) in [4.78, 5) is 8.65. The van der Waals surface area contributed by atoms with E-state index < -0.39 is 3.79 Å². The van der Waals surface area contributed by atoms with Gasteiger partial charge in [-0.15, -0.1) is 0 Å². The molecule has 0 bridgehead atoms. The van der Waals surface area contributed by atoms with Gasteiger partial charge in [-0.05, 0) is 47.8 Å². The van der Waals surface area contributed by atoms with Gasteiger partial charge in [0.1, 0.15) is 5.82 Å². The second-order valence-electron chi connectivity index (χ2n) is 4.09. The molecule has 0 saturated carbocycles. The Kier molecular flexibility index (Phi) is 5.53. The van der Waals surface area contributed by atoms with E-state index in [1.165, 1.54) is 0 Å². The zero-order valence-electron chi connectivity index (χ0n) is 10.6. The predicted molar refractivity (Wildman–Crippen MR) is 93.9 cm³/mol. The SMILES string of the molecule is CNCCNc1nc(C(Cl)(Cl)Cl)nc2ccc(I)cc12. The highest BCUT2D eigenvalue weighted by Gasteiger charge is 2.28. The van der Waals surface area contributed by atoms with Crippen LogP contribution in [0.1, 0.15) is 5.82 Å². The molecular weight excluding hydrogens is 433 g/mol. The third kappa shape index (κ3) is 3.98. The van der Waals surface area contributed by atoms with Crippen molar-refractivity contribution in [1.82, 2.24) is 15.3 Å². The van der Waals surface area contributed by atoms with Crippen LogP contribution in [0.25, 0.3) is 10.9 Å². The van der Waals surface area contributed by atoms with Gasteiger partial charge < -0.3 is 10.6 Å². The van der Waals surface area contributed by atoms with Crippen LogP contribution in [0.15, 0.2) is 18.2 Å². The van der Waals surface area contributed by atoms with Crippen molar-refractivity contribution in [3.63, 3.8) is 0 Å². The van der Waals surface area contributed by atoms with Crippen LogP contribution in [0, 0.1) is 3.57 Å². The van der Waals surface area contributed by atoms with Crippen molar-refractivity contribution in [2.75, 3.05) is 25.5 Å². The van der Waals surface area contributed by atoms with E-state index in [1.54, 1.807) is 0 Å². The predicted octanol–water partition coefficient (Wildman–Crippen LogP) is 3.69. The lowest BCUT2D eigenvalue weighted by atomic mass is 10.2. The summed E-state index contributed by atoms with van der Waals surface area (Å²) < 4.78 is -0.548. The summed E-state index contributed by atoms with van der Waals surface area (Å²) in [5.74, 6) is 0.841. The molecule has 0 atom stereocenters. The first kappa shape index (κ1) is 16.3. The summed E-state index contributed by atoms with van der Waals surface area (Å²) in [7, 11) is 1.88. The smallest absolute Gasteiger partial charge is 0.250 e. The van der Waals surface area contributed by atoms with Gasteiger partial charge in [0.2, 0.25) is 3.79 Å². The monoisotopic (exact) mass is 444 g/mol. The van der Waals surface area contributed by atoms with Crippen LogP contribution in [0.4, 0.5) is 5.82 Å². The molecule has 0 saturated heterocycles. The van der Waals surface area contributed by atoms with E-state index >= 15 is 0 Å². The number of rotatable bonds is 4. The zero-order valence-corrected chi connectivity index (χ0v) is 15.0. The number of hydrogen-bond donors (Lipinski definition) is 2. The third-order valence-electron chi connectivity index (χ3n) is 2.58. The van der Waals surface area contributed by atoms with Crippen LogP contribution in [-0.4, -0.2) is 30.1 Å². The van der Waals surface area contributed by atoms with Crippen molar-refractivity contribution in [2.45, 2.75) is 3.79 Å². The van der Waals surface area contributed by atoms with Gasteiger partial charge in [-0.25, -0.2) is 9.97 Å². The van der Waals surface area contributed by atoms with Gasteiger partial charge in [0, 0.05) is 22.0 Å². The fourth-order valence-electron chi connectivity index (χ4n) is 1.67. The van der Waals surface area contributed by atoms with Gasteiger partial charge in [-0.2, -0.15) is 0 Å². The van der Waals surface area contributed by atoms with Crippen LogP contribution in [-0.2, 0) is 3.79 Å². The molecular formula is C12H12Cl3IN4. The number of anilines is 1. The Balaban J connectivity index is 2.51. The Morgan fingerprint density at radius 1 is 1.20 bits per heavy atom.